The zero-order valence-corrected chi connectivity index (χ0v) is 11.9. The number of rotatable bonds is 4. The standard InChI is InChI=1S/C15H20N2O2/c1-14(2,9-17-15(3,4)8-16)11-5-6-12-13(7-11)19-10-18-12/h5-7,17H,9-10H2,1-4H3. The van der Waals surface area contributed by atoms with Crippen molar-refractivity contribution in [1.29, 1.82) is 5.26 Å². The van der Waals surface area contributed by atoms with Crippen LogP contribution in [-0.2, 0) is 5.41 Å². The fraction of sp³-hybridized carbons (Fsp3) is 0.533. The molecule has 0 unspecified atom stereocenters. The minimum absolute atomic E-state index is 0.0882. The van der Waals surface area contributed by atoms with Crippen molar-refractivity contribution < 1.29 is 9.47 Å². The Morgan fingerprint density at radius 2 is 1.89 bits per heavy atom. The van der Waals surface area contributed by atoms with Gasteiger partial charge in [0.1, 0.15) is 5.54 Å². The second-order valence-electron chi connectivity index (χ2n) is 6.04. The normalized spacial score (nSPS) is 14.3. The predicted octanol–water partition coefficient (Wildman–Crippen LogP) is 2.58. The van der Waals surface area contributed by atoms with Crippen molar-refractivity contribution in [3.8, 4) is 17.6 Å². The number of nitrogens with zero attached hydrogens (tertiary/aromatic N) is 1. The molecule has 0 fully saturated rings. The van der Waals surface area contributed by atoms with Crippen molar-refractivity contribution in [3.63, 3.8) is 0 Å². The van der Waals surface area contributed by atoms with Crippen LogP contribution < -0.4 is 14.8 Å². The molecule has 0 bridgehead atoms. The molecule has 0 saturated heterocycles. The van der Waals surface area contributed by atoms with E-state index in [0.29, 0.717) is 13.3 Å². The van der Waals surface area contributed by atoms with Gasteiger partial charge in [-0.25, -0.2) is 0 Å². The second-order valence-corrected chi connectivity index (χ2v) is 6.04. The van der Waals surface area contributed by atoms with Gasteiger partial charge in [-0.05, 0) is 31.5 Å². The molecule has 4 nitrogen and oxygen atoms in total. The van der Waals surface area contributed by atoms with Gasteiger partial charge in [-0.2, -0.15) is 5.26 Å². The highest BCUT2D eigenvalue weighted by molar-refractivity contribution is 5.46. The van der Waals surface area contributed by atoms with E-state index in [0.717, 1.165) is 17.1 Å². The van der Waals surface area contributed by atoms with Crippen molar-refractivity contribution in [1.82, 2.24) is 5.32 Å². The van der Waals surface area contributed by atoms with Gasteiger partial charge in [0.2, 0.25) is 6.79 Å². The van der Waals surface area contributed by atoms with Crippen LogP contribution in [0.1, 0.15) is 33.3 Å². The van der Waals surface area contributed by atoms with Gasteiger partial charge in [-0.3, -0.25) is 5.32 Å². The summed E-state index contributed by atoms with van der Waals surface area (Å²) in [6.45, 7) is 9.05. The Kier molecular flexibility index (Phi) is 3.42. The van der Waals surface area contributed by atoms with Gasteiger partial charge in [0.25, 0.3) is 0 Å². The molecule has 0 amide bonds. The third kappa shape index (κ3) is 2.99. The van der Waals surface area contributed by atoms with Crippen LogP contribution >= 0.6 is 0 Å². The van der Waals surface area contributed by atoms with E-state index in [1.165, 1.54) is 0 Å². The van der Waals surface area contributed by atoms with Gasteiger partial charge in [0.15, 0.2) is 11.5 Å². The van der Waals surface area contributed by atoms with E-state index in [9.17, 15) is 0 Å². The summed E-state index contributed by atoms with van der Waals surface area (Å²) in [5.41, 5.74) is 0.556. The number of benzene rings is 1. The van der Waals surface area contributed by atoms with E-state index < -0.39 is 5.54 Å². The van der Waals surface area contributed by atoms with E-state index in [4.69, 9.17) is 14.7 Å². The quantitative estimate of drug-likeness (QED) is 0.904. The molecule has 0 spiro atoms. The lowest BCUT2D eigenvalue weighted by Gasteiger charge is -2.29. The Morgan fingerprint density at radius 1 is 1.21 bits per heavy atom. The number of ether oxygens (including phenoxy) is 2. The van der Waals surface area contributed by atoms with Crippen LogP contribution in [0.4, 0.5) is 0 Å². The predicted molar refractivity (Wildman–Crippen MR) is 73.3 cm³/mol. The maximum absolute atomic E-state index is 9.04. The number of nitriles is 1. The van der Waals surface area contributed by atoms with Crippen LogP contribution in [0.25, 0.3) is 0 Å². The minimum Gasteiger partial charge on any atom is -0.454 e. The average molecular weight is 260 g/mol. The summed E-state index contributed by atoms with van der Waals surface area (Å²) in [5.74, 6) is 1.59. The first-order chi connectivity index (χ1) is 8.84. The molecule has 102 valence electrons. The molecule has 0 saturated carbocycles. The first-order valence-electron chi connectivity index (χ1n) is 6.40. The Bertz CT molecular complexity index is 515. The van der Waals surface area contributed by atoms with Gasteiger partial charge < -0.3 is 9.47 Å². The maximum Gasteiger partial charge on any atom is 0.231 e. The average Bonchev–Trinajstić information content (AvgIpc) is 2.84. The summed E-state index contributed by atoms with van der Waals surface area (Å²) < 4.78 is 10.7. The van der Waals surface area contributed by atoms with Gasteiger partial charge in [0, 0.05) is 12.0 Å². The lowest BCUT2D eigenvalue weighted by atomic mass is 9.83. The fourth-order valence-corrected chi connectivity index (χ4v) is 1.90. The second kappa shape index (κ2) is 4.75. The lowest BCUT2D eigenvalue weighted by molar-refractivity contribution is 0.174. The van der Waals surface area contributed by atoms with Crippen LogP contribution in [0.2, 0.25) is 0 Å². The van der Waals surface area contributed by atoms with Gasteiger partial charge in [-0.15, -0.1) is 0 Å². The fourth-order valence-electron chi connectivity index (χ4n) is 1.90. The van der Waals surface area contributed by atoms with Gasteiger partial charge in [0.05, 0.1) is 6.07 Å². The highest BCUT2D eigenvalue weighted by atomic mass is 16.7. The lowest BCUT2D eigenvalue weighted by Crippen LogP contribution is -2.44. The smallest absolute Gasteiger partial charge is 0.231 e. The Labute approximate surface area is 114 Å². The van der Waals surface area contributed by atoms with E-state index in [1.54, 1.807) is 0 Å². The molecule has 19 heavy (non-hydrogen) atoms. The first kappa shape index (κ1) is 13.7. The summed E-state index contributed by atoms with van der Waals surface area (Å²) in [7, 11) is 0. The Hall–Kier alpha value is -1.73. The molecule has 4 heteroatoms. The molecule has 0 atom stereocenters. The summed E-state index contributed by atoms with van der Waals surface area (Å²) >= 11 is 0. The molecule has 1 aromatic rings. The SMILES string of the molecule is CC(C)(C#N)NCC(C)(C)c1ccc2c(c1)OCO2. The molecule has 0 radical (unpaired) electrons. The van der Waals surface area contributed by atoms with Crippen LogP contribution in [-0.4, -0.2) is 18.9 Å². The molecule has 0 aromatic heterocycles. The molecule has 0 aliphatic carbocycles. The van der Waals surface area contributed by atoms with Crippen molar-refractivity contribution in [2.45, 2.75) is 38.6 Å². The van der Waals surface area contributed by atoms with Gasteiger partial charge >= 0.3 is 0 Å². The largest absolute Gasteiger partial charge is 0.454 e. The van der Waals surface area contributed by atoms with E-state index in [-0.39, 0.29) is 5.41 Å². The van der Waals surface area contributed by atoms with Crippen molar-refractivity contribution in [3.05, 3.63) is 23.8 Å². The van der Waals surface area contributed by atoms with Crippen LogP contribution in [0.15, 0.2) is 18.2 Å². The molecule has 1 aliphatic heterocycles. The summed E-state index contributed by atoms with van der Waals surface area (Å²) in [5, 5.41) is 12.3. The summed E-state index contributed by atoms with van der Waals surface area (Å²) in [6.07, 6.45) is 0. The van der Waals surface area contributed by atoms with Crippen molar-refractivity contribution in [2.24, 2.45) is 0 Å². The number of hydrogen-bond acceptors (Lipinski definition) is 4. The van der Waals surface area contributed by atoms with Crippen LogP contribution in [0, 0.1) is 11.3 Å². The zero-order chi connectivity index (χ0) is 14.1. The van der Waals surface area contributed by atoms with Crippen molar-refractivity contribution >= 4 is 0 Å². The first-order valence-corrected chi connectivity index (χ1v) is 6.40. The maximum atomic E-state index is 9.04. The van der Waals surface area contributed by atoms with E-state index in [1.807, 2.05) is 26.0 Å². The summed E-state index contributed by atoms with van der Waals surface area (Å²) in [6, 6.07) is 8.26. The Morgan fingerprint density at radius 3 is 2.58 bits per heavy atom. The number of hydrogen-bond donors (Lipinski definition) is 1. The van der Waals surface area contributed by atoms with Crippen LogP contribution in [0.3, 0.4) is 0 Å². The zero-order valence-electron chi connectivity index (χ0n) is 11.9. The third-order valence-electron chi connectivity index (χ3n) is 3.41. The molecule has 1 aromatic carbocycles. The molecular formula is C15H20N2O2. The van der Waals surface area contributed by atoms with Crippen LogP contribution in [0.5, 0.6) is 11.5 Å². The topological polar surface area (TPSA) is 54.3 Å². The number of nitrogens with one attached hydrogen (secondary N) is 1. The monoisotopic (exact) mass is 260 g/mol. The highest BCUT2D eigenvalue weighted by Gasteiger charge is 2.26. The number of fused-ring (bicyclic) bond motifs is 1. The highest BCUT2D eigenvalue weighted by Crippen LogP contribution is 2.36. The van der Waals surface area contributed by atoms with E-state index >= 15 is 0 Å². The molecule has 1 heterocycles. The molecule has 2 rings (SSSR count). The molecular weight excluding hydrogens is 240 g/mol. The molecule has 1 aliphatic rings. The minimum atomic E-state index is -0.520. The molecule has 1 N–H and O–H groups in total. The summed E-state index contributed by atoms with van der Waals surface area (Å²) in [4.78, 5) is 0. The van der Waals surface area contributed by atoms with Crippen molar-refractivity contribution in [2.75, 3.05) is 13.3 Å². The third-order valence-corrected chi connectivity index (χ3v) is 3.41. The van der Waals surface area contributed by atoms with E-state index in [2.05, 4.69) is 31.3 Å². The van der Waals surface area contributed by atoms with Gasteiger partial charge in [-0.1, -0.05) is 19.9 Å². The Balaban J connectivity index is 2.13.